The van der Waals surface area contributed by atoms with Crippen molar-refractivity contribution in [2.45, 2.75) is 12.8 Å². The van der Waals surface area contributed by atoms with E-state index in [1.54, 1.807) is 4.90 Å². The molecule has 0 atom stereocenters. The second-order valence-electron chi connectivity index (χ2n) is 2.99. The first-order chi connectivity index (χ1) is 5.74. The van der Waals surface area contributed by atoms with Crippen LogP contribution >= 0.6 is 0 Å². The third-order valence-corrected chi connectivity index (χ3v) is 1.92. The summed E-state index contributed by atoms with van der Waals surface area (Å²) >= 11 is 0. The number of amides is 1. The second-order valence-corrected chi connectivity index (χ2v) is 2.99. The molecule has 0 spiro atoms. The van der Waals surface area contributed by atoms with Crippen LogP contribution in [-0.4, -0.2) is 43.3 Å². The van der Waals surface area contributed by atoms with Crippen LogP contribution < -0.4 is 5.32 Å². The molecule has 1 saturated heterocycles. The summed E-state index contributed by atoms with van der Waals surface area (Å²) in [6, 6.07) is 0. The van der Waals surface area contributed by atoms with Crippen molar-refractivity contribution in [2.75, 3.05) is 26.7 Å². The van der Waals surface area contributed by atoms with Gasteiger partial charge in [0.1, 0.15) is 0 Å². The molecule has 0 bridgehead atoms. The molecule has 1 fully saturated rings. The number of hydrogen-bond acceptors (Lipinski definition) is 3. The van der Waals surface area contributed by atoms with Crippen LogP contribution in [0.15, 0.2) is 0 Å². The third kappa shape index (κ3) is 2.30. The molecule has 1 aliphatic rings. The quantitative estimate of drug-likeness (QED) is 0.452. The number of hydrogen-bond donors (Lipinski definition) is 1. The lowest BCUT2D eigenvalue weighted by Gasteiger charge is -2.13. The van der Waals surface area contributed by atoms with Crippen molar-refractivity contribution >= 4 is 11.7 Å². The van der Waals surface area contributed by atoms with E-state index >= 15 is 0 Å². The molecule has 0 aromatic heterocycles. The van der Waals surface area contributed by atoms with Gasteiger partial charge in [0.2, 0.25) is 5.91 Å². The Bertz CT molecular complexity index is 191. The molecule has 4 heteroatoms. The van der Waals surface area contributed by atoms with Gasteiger partial charge in [0.15, 0.2) is 5.78 Å². The summed E-state index contributed by atoms with van der Waals surface area (Å²) in [6.45, 7) is 1.91. The van der Waals surface area contributed by atoms with Crippen LogP contribution in [0, 0.1) is 0 Å². The third-order valence-electron chi connectivity index (χ3n) is 1.92. The van der Waals surface area contributed by atoms with E-state index < -0.39 is 0 Å². The predicted molar refractivity (Wildman–Crippen MR) is 44.7 cm³/mol. The largest absolute Gasteiger partial charge is 0.335 e. The molecule has 0 aromatic rings. The Morgan fingerprint density at radius 2 is 2.25 bits per heavy atom. The summed E-state index contributed by atoms with van der Waals surface area (Å²) in [5.74, 6) is 0.0283. The first-order valence-corrected chi connectivity index (χ1v) is 4.18. The SMILES string of the molecule is CNCCCN1CC(=O)CC1=O. The van der Waals surface area contributed by atoms with E-state index in [1.165, 1.54) is 0 Å². The molecule has 68 valence electrons. The van der Waals surface area contributed by atoms with Crippen LogP contribution in [0.1, 0.15) is 12.8 Å². The molecule has 0 aliphatic carbocycles. The molecule has 1 amide bonds. The molecule has 1 N–H and O–H groups in total. The lowest BCUT2D eigenvalue weighted by Crippen LogP contribution is -2.28. The monoisotopic (exact) mass is 170 g/mol. The van der Waals surface area contributed by atoms with E-state index in [-0.39, 0.29) is 18.1 Å². The molecular weight excluding hydrogens is 156 g/mol. The van der Waals surface area contributed by atoms with Gasteiger partial charge < -0.3 is 10.2 Å². The molecule has 0 aromatic carbocycles. The average molecular weight is 170 g/mol. The van der Waals surface area contributed by atoms with Gasteiger partial charge in [-0.3, -0.25) is 9.59 Å². The van der Waals surface area contributed by atoms with Gasteiger partial charge in [-0.15, -0.1) is 0 Å². The van der Waals surface area contributed by atoms with E-state index in [4.69, 9.17) is 0 Å². The summed E-state index contributed by atoms with van der Waals surface area (Å²) in [7, 11) is 1.87. The summed E-state index contributed by atoms with van der Waals surface area (Å²) < 4.78 is 0. The minimum atomic E-state index is -0.0175. The Labute approximate surface area is 71.9 Å². The zero-order valence-electron chi connectivity index (χ0n) is 7.30. The highest BCUT2D eigenvalue weighted by Gasteiger charge is 2.26. The van der Waals surface area contributed by atoms with Gasteiger partial charge in [0, 0.05) is 6.54 Å². The topological polar surface area (TPSA) is 49.4 Å². The molecular formula is C8H14N2O2. The highest BCUT2D eigenvalue weighted by atomic mass is 16.2. The predicted octanol–water partition coefficient (Wildman–Crippen LogP) is -0.603. The van der Waals surface area contributed by atoms with Gasteiger partial charge in [0.05, 0.1) is 13.0 Å². The highest BCUT2D eigenvalue weighted by Crippen LogP contribution is 2.06. The Kier molecular flexibility index (Phi) is 3.22. The molecule has 0 radical (unpaired) electrons. The maximum atomic E-state index is 11.1. The number of nitrogens with zero attached hydrogens (tertiary/aromatic N) is 1. The number of nitrogens with one attached hydrogen (secondary N) is 1. The normalized spacial score (nSPS) is 17.6. The minimum Gasteiger partial charge on any atom is -0.335 e. The lowest BCUT2D eigenvalue weighted by molar-refractivity contribution is -0.127. The van der Waals surface area contributed by atoms with Gasteiger partial charge in [0.25, 0.3) is 0 Å². The fraction of sp³-hybridized carbons (Fsp3) is 0.750. The van der Waals surface area contributed by atoms with Crippen LogP contribution in [0.2, 0.25) is 0 Å². The first kappa shape index (κ1) is 9.19. The maximum absolute atomic E-state index is 11.1. The van der Waals surface area contributed by atoms with Crippen molar-refractivity contribution < 1.29 is 9.59 Å². The van der Waals surface area contributed by atoms with Crippen LogP contribution in [-0.2, 0) is 9.59 Å². The van der Waals surface area contributed by atoms with Gasteiger partial charge >= 0.3 is 0 Å². The van der Waals surface area contributed by atoms with Crippen molar-refractivity contribution in [3.63, 3.8) is 0 Å². The lowest BCUT2D eigenvalue weighted by atomic mass is 10.3. The number of Topliss-reactive ketones (excluding diaryl/α,β-unsaturated/α-hetero) is 1. The van der Waals surface area contributed by atoms with Crippen molar-refractivity contribution in [3.05, 3.63) is 0 Å². The van der Waals surface area contributed by atoms with E-state index in [1.807, 2.05) is 7.05 Å². The van der Waals surface area contributed by atoms with Crippen molar-refractivity contribution in [3.8, 4) is 0 Å². The van der Waals surface area contributed by atoms with Crippen molar-refractivity contribution in [2.24, 2.45) is 0 Å². The van der Waals surface area contributed by atoms with Crippen molar-refractivity contribution in [1.29, 1.82) is 0 Å². The minimum absolute atomic E-state index is 0.0175. The smallest absolute Gasteiger partial charge is 0.230 e. The average Bonchev–Trinajstić information content (AvgIpc) is 2.31. The number of carbonyl (C=O) groups excluding carboxylic acids is 2. The van der Waals surface area contributed by atoms with E-state index in [2.05, 4.69) is 5.32 Å². The van der Waals surface area contributed by atoms with Crippen LogP contribution in [0.5, 0.6) is 0 Å². The van der Waals surface area contributed by atoms with Gasteiger partial charge in [-0.25, -0.2) is 0 Å². The summed E-state index contributed by atoms with van der Waals surface area (Å²) in [5, 5.41) is 2.99. The summed E-state index contributed by atoms with van der Waals surface area (Å²) in [5.41, 5.74) is 0. The molecule has 0 unspecified atom stereocenters. The van der Waals surface area contributed by atoms with Gasteiger partial charge in [-0.1, -0.05) is 0 Å². The Morgan fingerprint density at radius 1 is 1.50 bits per heavy atom. The van der Waals surface area contributed by atoms with Crippen molar-refractivity contribution in [1.82, 2.24) is 10.2 Å². The zero-order chi connectivity index (χ0) is 8.97. The van der Waals surface area contributed by atoms with Crippen LogP contribution in [0.3, 0.4) is 0 Å². The number of ketones is 1. The summed E-state index contributed by atoms with van der Waals surface area (Å²) in [6.07, 6.45) is 1.02. The number of rotatable bonds is 4. The fourth-order valence-corrected chi connectivity index (χ4v) is 1.29. The highest BCUT2D eigenvalue weighted by molar-refractivity contribution is 6.05. The second kappa shape index (κ2) is 4.21. The maximum Gasteiger partial charge on any atom is 0.230 e. The van der Waals surface area contributed by atoms with Gasteiger partial charge in [-0.05, 0) is 20.0 Å². The molecule has 1 rings (SSSR count). The number of likely N-dealkylation sites (tertiary alicyclic amines) is 1. The Balaban J connectivity index is 2.24. The molecule has 4 nitrogen and oxygen atoms in total. The van der Waals surface area contributed by atoms with Crippen LogP contribution in [0.4, 0.5) is 0 Å². The van der Waals surface area contributed by atoms with Gasteiger partial charge in [-0.2, -0.15) is 0 Å². The molecule has 1 aliphatic heterocycles. The standard InChI is InChI=1S/C8H14N2O2/c1-9-3-2-4-10-6-7(11)5-8(10)12/h9H,2-6H2,1H3. The van der Waals surface area contributed by atoms with E-state index in [0.29, 0.717) is 13.1 Å². The first-order valence-electron chi connectivity index (χ1n) is 4.18. The molecule has 12 heavy (non-hydrogen) atoms. The Morgan fingerprint density at radius 3 is 2.75 bits per heavy atom. The van der Waals surface area contributed by atoms with E-state index in [0.717, 1.165) is 13.0 Å². The Hall–Kier alpha value is -0.900. The zero-order valence-corrected chi connectivity index (χ0v) is 7.30. The summed E-state index contributed by atoms with van der Waals surface area (Å²) in [4.78, 5) is 23.5. The molecule has 0 saturated carbocycles. The fourth-order valence-electron chi connectivity index (χ4n) is 1.29. The molecule has 1 heterocycles. The number of carbonyl (C=O) groups is 2. The van der Waals surface area contributed by atoms with Crippen LogP contribution in [0.25, 0.3) is 0 Å². The van der Waals surface area contributed by atoms with E-state index in [9.17, 15) is 9.59 Å².